The normalized spacial score (nSPS) is 10.2. The molecule has 0 saturated heterocycles. The molecular formula is C14H14N2O3. The number of carbonyl (C=O) groups excluding carboxylic acids is 1. The number of furan rings is 1. The Kier molecular flexibility index (Phi) is 3.43. The Morgan fingerprint density at radius 1 is 1.47 bits per heavy atom. The van der Waals surface area contributed by atoms with E-state index in [2.05, 4.69) is 10.8 Å². The van der Waals surface area contributed by atoms with E-state index < -0.39 is 5.97 Å². The summed E-state index contributed by atoms with van der Waals surface area (Å²) in [6.45, 7) is 4.24. The number of rotatable bonds is 3. The van der Waals surface area contributed by atoms with Gasteiger partial charge >= 0.3 is 5.97 Å². The molecule has 5 nitrogen and oxygen atoms in total. The van der Waals surface area contributed by atoms with Crippen LogP contribution in [0.15, 0.2) is 22.6 Å². The third kappa shape index (κ3) is 2.38. The fourth-order valence-electron chi connectivity index (χ4n) is 2.03. The highest BCUT2D eigenvalue weighted by Crippen LogP contribution is 2.17. The number of esters is 1. The minimum absolute atomic E-state index is 0.164. The third-order valence-electron chi connectivity index (χ3n) is 2.96. The average Bonchev–Trinajstić information content (AvgIpc) is 2.95. The van der Waals surface area contributed by atoms with Gasteiger partial charge in [-0.3, -0.25) is 0 Å². The van der Waals surface area contributed by atoms with Gasteiger partial charge in [-0.05, 0) is 37.6 Å². The zero-order valence-electron chi connectivity index (χ0n) is 11.1. The molecule has 0 fully saturated rings. The van der Waals surface area contributed by atoms with Crippen molar-refractivity contribution in [2.45, 2.75) is 20.4 Å². The van der Waals surface area contributed by atoms with Crippen LogP contribution in [0.4, 0.5) is 0 Å². The average molecular weight is 258 g/mol. The Bertz CT molecular complexity index is 659. The monoisotopic (exact) mass is 258 g/mol. The molecule has 2 aromatic heterocycles. The molecule has 0 amide bonds. The standard InChI is InChI=1S/C14H14N2O3/c1-9-6-10(2)16(12(9)7-15)8-11-4-5-13(19-11)14(17)18-3/h4-6H,8H2,1-3H3. The van der Waals surface area contributed by atoms with Crippen LogP contribution in [0.3, 0.4) is 0 Å². The highest BCUT2D eigenvalue weighted by molar-refractivity contribution is 5.86. The van der Waals surface area contributed by atoms with Gasteiger partial charge in [-0.25, -0.2) is 4.79 Å². The molecule has 0 aliphatic carbocycles. The van der Waals surface area contributed by atoms with E-state index in [-0.39, 0.29) is 5.76 Å². The van der Waals surface area contributed by atoms with Gasteiger partial charge in [0.25, 0.3) is 0 Å². The molecule has 19 heavy (non-hydrogen) atoms. The molecule has 0 unspecified atom stereocenters. The first kappa shape index (κ1) is 13.0. The minimum Gasteiger partial charge on any atom is -0.463 e. The first-order valence-corrected chi connectivity index (χ1v) is 5.80. The molecule has 0 saturated carbocycles. The molecule has 0 N–H and O–H groups in total. The molecule has 0 bridgehead atoms. The fraction of sp³-hybridized carbons (Fsp3) is 0.286. The summed E-state index contributed by atoms with van der Waals surface area (Å²) in [6, 6.07) is 7.40. The van der Waals surface area contributed by atoms with Gasteiger partial charge in [0.1, 0.15) is 17.5 Å². The summed E-state index contributed by atoms with van der Waals surface area (Å²) in [4.78, 5) is 11.3. The van der Waals surface area contributed by atoms with E-state index >= 15 is 0 Å². The highest BCUT2D eigenvalue weighted by Gasteiger charge is 2.14. The maximum Gasteiger partial charge on any atom is 0.373 e. The summed E-state index contributed by atoms with van der Waals surface area (Å²) in [5, 5.41) is 9.15. The lowest BCUT2D eigenvalue weighted by molar-refractivity contribution is 0.0563. The Morgan fingerprint density at radius 3 is 2.84 bits per heavy atom. The van der Waals surface area contributed by atoms with Gasteiger partial charge in [0.05, 0.1) is 13.7 Å². The van der Waals surface area contributed by atoms with Gasteiger partial charge in [0, 0.05) is 5.69 Å². The molecule has 0 spiro atoms. The summed E-state index contributed by atoms with van der Waals surface area (Å²) in [5.41, 5.74) is 2.51. The van der Waals surface area contributed by atoms with E-state index in [4.69, 9.17) is 9.68 Å². The zero-order chi connectivity index (χ0) is 14.0. The number of nitrogens with zero attached hydrogens (tertiary/aromatic N) is 2. The van der Waals surface area contributed by atoms with E-state index in [0.29, 0.717) is 18.0 Å². The maximum absolute atomic E-state index is 11.3. The quantitative estimate of drug-likeness (QED) is 0.793. The van der Waals surface area contributed by atoms with Crippen LogP contribution in [0.1, 0.15) is 33.3 Å². The molecular weight excluding hydrogens is 244 g/mol. The van der Waals surface area contributed by atoms with Crippen molar-refractivity contribution in [1.82, 2.24) is 4.57 Å². The second-order valence-electron chi connectivity index (χ2n) is 4.27. The van der Waals surface area contributed by atoms with E-state index in [1.165, 1.54) is 7.11 Å². The van der Waals surface area contributed by atoms with E-state index in [1.54, 1.807) is 12.1 Å². The predicted octanol–water partition coefficient (Wildman–Crippen LogP) is 2.40. The van der Waals surface area contributed by atoms with Gasteiger partial charge < -0.3 is 13.7 Å². The Hall–Kier alpha value is -2.48. The number of aromatic nitrogens is 1. The van der Waals surface area contributed by atoms with Crippen LogP contribution in [0, 0.1) is 25.2 Å². The summed E-state index contributed by atoms with van der Waals surface area (Å²) in [5.74, 6) is 0.264. The summed E-state index contributed by atoms with van der Waals surface area (Å²) in [7, 11) is 1.30. The SMILES string of the molecule is COC(=O)c1ccc(Cn2c(C)cc(C)c2C#N)o1. The lowest BCUT2D eigenvalue weighted by Crippen LogP contribution is -2.04. The second-order valence-corrected chi connectivity index (χ2v) is 4.27. The van der Waals surface area contributed by atoms with Gasteiger partial charge in [0.2, 0.25) is 5.76 Å². The van der Waals surface area contributed by atoms with Crippen LogP contribution >= 0.6 is 0 Å². The van der Waals surface area contributed by atoms with Crippen molar-refractivity contribution in [2.24, 2.45) is 0 Å². The molecule has 5 heteroatoms. The lowest BCUT2D eigenvalue weighted by Gasteiger charge is -2.05. The van der Waals surface area contributed by atoms with E-state index in [9.17, 15) is 4.79 Å². The van der Waals surface area contributed by atoms with Crippen molar-refractivity contribution in [3.05, 3.63) is 46.7 Å². The molecule has 2 heterocycles. The molecule has 0 aliphatic heterocycles. The van der Waals surface area contributed by atoms with Crippen molar-refractivity contribution < 1.29 is 13.9 Å². The number of nitriles is 1. The number of hydrogen-bond acceptors (Lipinski definition) is 4. The second kappa shape index (κ2) is 5.02. The summed E-state index contributed by atoms with van der Waals surface area (Å²) in [6.07, 6.45) is 0. The van der Waals surface area contributed by atoms with Gasteiger partial charge in [0.15, 0.2) is 0 Å². The minimum atomic E-state index is -0.507. The van der Waals surface area contributed by atoms with E-state index in [0.717, 1.165) is 11.3 Å². The number of hydrogen-bond donors (Lipinski definition) is 0. The highest BCUT2D eigenvalue weighted by atomic mass is 16.5. The van der Waals surface area contributed by atoms with Crippen LogP contribution in [0.5, 0.6) is 0 Å². The Morgan fingerprint density at radius 2 is 2.21 bits per heavy atom. The predicted molar refractivity (Wildman–Crippen MR) is 67.8 cm³/mol. The molecule has 2 aromatic rings. The molecule has 2 rings (SSSR count). The molecule has 0 aliphatic rings. The van der Waals surface area contributed by atoms with Gasteiger partial charge in [-0.2, -0.15) is 5.26 Å². The number of ether oxygens (including phenoxy) is 1. The zero-order valence-corrected chi connectivity index (χ0v) is 11.1. The van der Waals surface area contributed by atoms with Crippen molar-refractivity contribution in [3.8, 4) is 6.07 Å². The van der Waals surface area contributed by atoms with Crippen LogP contribution in [0.2, 0.25) is 0 Å². The topological polar surface area (TPSA) is 68.2 Å². The first-order chi connectivity index (χ1) is 9.06. The van der Waals surface area contributed by atoms with Crippen LogP contribution < -0.4 is 0 Å². The summed E-state index contributed by atoms with van der Waals surface area (Å²) >= 11 is 0. The van der Waals surface area contributed by atoms with Crippen LogP contribution in [-0.2, 0) is 11.3 Å². The smallest absolute Gasteiger partial charge is 0.373 e. The number of aryl methyl sites for hydroxylation is 2. The Balaban J connectivity index is 2.30. The fourth-order valence-corrected chi connectivity index (χ4v) is 2.03. The van der Waals surface area contributed by atoms with Crippen molar-refractivity contribution in [3.63, 3.8) is 0 Å². The van der Waals surface area contributed by atoms with Crippen molar-refractivity contribution in [2.75, 3.05) is 7.11 Å². The Labute approximate surface area is 111 Å². The van der Waals surface area contributed by atoms with Crippen molar-refractivity contribution in [1.29, 1.82) is 5.26 Å². The van der Waals surface area contributed by atoms with Gasteiger partial charge in [-0.1, -0.05) is 0 Å². The van der Waals surface area contributed by atoms with E-state index in [1.807, 2.05) is 24.5 Å². The third-order valence-corrected chi connectivity index (χ3v) is 2.96. The van der Waals surface area contributed by atoms with Crippen LogP contribution in [0.25, 0.3) is 0 Å². The molecule has 0 aromatic carbocycles. The molecule has 0 radical (unpaired) electrons. The van der Waals surface area contributed by atoms with Gasteiger partial charge in [-0.15, -0.1) is 0 Å². The number of carbonyl (C=O) groups is 1. The molecule has 0 atom stereocenters. The van der Waals surface area contributed by atoms with Crippen molar-refractivity contribution >= 4 is 5.97 Å². The molecule has 98 valence electrons. The largest absolute Gasteiger partial charge is 0.463 e. The summed E-state index contributed by atoms with van der Waals surface area (Å²) < 4.78 is 11.8. The lowest BCUT2D eigenvalue weighted by atomic mass is 10.3. The first-order valence-electron chi connectivity index (χ1n) is 5.80. The van der Waals surface area contributed by atoms with Crippen LogP contribution in [-0.4, -0.2) is 17.6 Å². The number of methoxy groups -OCH3 is 1. The maximum atomic E-state index is 11.3.